The number of carbonyl (C=O) groups is 2. The van der Waals surface area contributed by atoms with Crippen LogP contribution in [0.4, 0.5) is 10.5 Å². The van der Waals surface area contributed by atoms with Gasteiger partial charge in [-0.15, -0.1) is 0 Å². The lowest BCUT2D eigenvalue weighted by molar-refractivity contribution is 0.0526. The van der Waals surface area contributed by atoms with Gasteiger partial charge in [-0.05, 0) is 56.2 Å². The largest absolute Gasteiger partial charge is 0.462 e. The number of para-hydroxylation sites is 2. The van der Waals surface area contributed by atoms with Gasteiger partial charge in [-0.25, -0.2) is 14.4 Å². The summed E-state index contributed by atoms with van der Waals surface area (Å²) in [4.78, 5) is 41.4. The molecule has 2 aromatic carbocycles. The number of nitrogens with one attached hydrogen (secondary N) is 2. The Labute approximate surface area is 173 Å². The maximum Gasteiger partial charge on any atom is 0.338 e. The molecular formula is C22H24N4O4. The molecule has 4 rings (SSSR count). The lowest BCUT2D eigenvalue weighted by Gasteiger charge is -2.32. The molecule has 2 amide bonds. The first-order chi connectivity index (χ1) is 14.6. The predicted molar refractivity (Wildman–Crippen MR) is 114 cm³/mol. The highest BCUT2D eigenvalue weighted by atomic mass is 16.5. The van der Waals surface area contributed by atoms with Gasteiger partial charge < -0.3 is 19.9 Å². The molecule has 30 heavy (non-hydrogen) atoms. The van der Waals surface area contributed by atoms with E-state index in [1.54, 1.807) is 40.7 Å². The van der Waals surface area contributed by atoms with Crippen molar-refractivity contribution in [3.8, 4) is 0 Å². The van der Waals surface area contributed by atoms with E-state index in [1.807, 2.05) is 24.3 Å². The highest BCUT2D eigenvalue weighted by Gasteiger charge is 2.26. The third-order valence-corrected chi connectivity index (χ3v) is 5.39. The Morgan fingerprint density at radius 2 is 1.80 bits per heavy atom. The van der Waals surface area contributed by atoms with Gasteiger partial charge in [0.1, 0.15) is 0 Å². The highest BCUT2D eigenvalue weighted by Crippen LogP contribution is 2.25. The molecule has 1 aliphatic rings. The summed E-state index contributed by atoms with van der Waals surface area (Å²) in [7, 11) is 0. The van der Waals surface area contributed by atoms with Gasteiger partial charge in [0.25, 0.3) is 0 Å². The number of ether oxygens (including phenoxy) is 1. The van der Waals surface area contributed by atoms with Crippen LogP contribution in [-0.2, 0) is 4.74 Å². The number of carbonyl (C=O) groups excluding carboxylic acids is 2. The number of benzene rings is 2. The minimum absolute atomic E-state index is 0.0570. The molecular weight excluding hydrogens is 384 g/mol. The number of piperidine rings is 1. The van der Waals surface area contributed by atoms with Crippen molar-refractivity contribution in [2.24, 2.45) is 0 Å². The van der Waals surface area contributed by atoms with Crippen LogP contribution >= 0.6 is 0 Å². The minimum atomic E-state index is -0.384. The van der Waals surface area contributed by atoms with Crippen LogP contribution in [0.2, 0.25) is 0 Å². The number of anilines is 1. The Hall–Kier alpha value is -3.55. The standard InChI is InChI=1S/C22H24N4O4/c1-2-30-20(27)15-7-9-16(10-8-15)23-21(28)25-13-11-17(12-14-25)26-19-6-4-3-5-18(19)24-22(26)29/h3-10,17H,2,11-14H2,1H3,(H,23,28)(H,24,29). The van der Waals surface area contributed by atoms with Crippen LogP contribution in [-0.4, -0.2) is 46.1 Å². The Balaban J connectivity index is 1.37. The predicted octanol–water partition coefficient (Wildman–Crippen LogP) is 3.38. The van der Waals surface area contributed by atoms with Crippen molar-refractivity contribution in [2.75, 3.05) is 25.0 Å². The molecule has 8 nitrogen and oxygen atoms in total. The molecule has 1 aromatic heterocycles. The summed E-state index contributed by atoms with van der Waals surface area (Å²) in [6.45, 7) is 3.19. The summed E-state index contributed by atoms with van der Waals surface area (Å²) in [6.07, 6.45) is 1.41. The molecule has 0 atom stereocenters. The summed E-state index contributed by atoms with van der Waals surface area (Å²) in [6, 6.07) is 14.1. The molecule has 0 radical (unpaired) electrons. The van der Waals surface area contributed by atoms with E-state index in [0.29, 0.717) is 43.8 Å². The first-order valence-corrected chi connectivity index (χ1v) is 10.1. The van der Waals surface area contributed by atoms with Crippen LogP contribution in [0, 0.1) is 0 Å². The zero-order chi connectivity index (χ0) is 21.1. The topological polar surface area (TPSA) is 96.4 Å². The summed E-state index contributed by atoms with van der Waals surface area (Å²) in [5.74, 6) is -0.384. The molecule has 0 saturated carbocycles. The van der Waals surface area contributed by atoms with Crippen LogP contribution in [0.5, 0.6) is 0 Å². The van der Waals surface area contributed by atoms with E-state index in [-0.39, 0.29) is 23.7 Å². The Kier molecular flexibility index (Phi) is 5.56. The molecule has 1 aliphatic heterocycles. The van der Waals surface area contributed by atoms with Gasteiger partial charge in [-0.3, -0.25) is 4.57 Å². The number of amides is 2. The molecule has 2 N–H and O–H groups in total. The Morgan fingerprint density at radius 3 is 2.50 bits per heavy atom. The summed E-state index contributed by atoms with van der Waals surface area (Å²) in [5.41, 5.74) is 2.67. The smallest absolute Gasteiger partial charge is 0.338 e. The first-order valence-electron chi connectivity index (χ1n) is 10.1. The number of nitrogens with zero attached hydrogens (tertiary/aromatic N) is 2. The van der Waals surface area contributed by atoms with Gasteiger partial charge in [-0.2, -0.15) is 0 Å². The fraction of sp³-hybridized carbons (Fsp3) is 0.318. The number of esters is 1. The Morgan fingerprint density at radius 1 is 1.10 bits per heavy atom. The molecule has 156 valence electrons. The summed E-state index contributed by atoms with van der Waals surface area (Å²) >= 11 is 0. The highest BCUT2D eigenvalue weighted by molar-refractivity contribution is 5.92. The number of hydrogen-bond acceptors (Lipinski definition) is 4. The third kappa shape index (κ3) is 3.94. The lowest BCUT2D eigenvalue weighted by atomic mass is 10.0. The van der Waals surface area contributed by atoms with E-state index in [1.165, 1.54) is 0 Å². The van der Waals surface area contributed by atoms with Crippen molar-refractivity contribution >= 4 is 28.7 Å². The van der Waals surface area contributed by atoms with E-state index < -0.39 is 0 Å². The van der Waals surface area contributed by atoms with Crippen LogP contribution in [0.25, 0.3) is 11.0 Å². The van der Waals surface area contributed by atoms with E-state index in [0.717, 1.165) is 11.0 Å². The number of fused-ring (bicyclic) bond motifs is 1. The second kappa shape index (κ2) is 8.44. The number of imidazole rings is 1. The van der Waals surface area contributed by atoms with Gasteiger partial charge in [0.05, 0.1) is 23.2 Å². The fourth-order valence-electron chi connectivity index (χ4n) is 3.87. The molecule has 3 aromatic rings. The fourth-order valence-corrected chi connectivity index (χ4v) is 3.87. The molecule has 0 spiro atoms. The van der Waals surface area contributed by atoms with Crippen LogP contribution in [0.15, 0.2) is 53.3 Å². The average molecular weight is 408 g/mol. The van der Waals surface area contributed by atoms with Gasteiger partial charge in [0.15, 0.2) is 0 Å². The zero-order valence-electron chi connectivity index (χ0n) is 16.8. The van der Waals surface area contributed by atoms with Crippen molar-refractivity contribution in [1.29, 1.82) is 0 Å². The van der Waals surface area contributed by atoms with E-state index in [9.17, 15) is 14.4 Å². The number of urea groups is 1. The van der Waals surface area contributed by atoms with Gasteiger partial charge >= 0.3 is 17.7 Å². The van der Waals surface area contributed by atoms with Crippen molar-refractivity contribution < 1.29 is 14.3 Å². The zero-order valence-corrected chi connectivity index (χ0v) is 16.8. The molecule has 0 bridgehead atoms. The number of aromatic amines is 1. The third-order valence-electron chi connectivity index (χ3n) is 5.39. The van der Waals surface area contributed by atoms with Crippen molar-refractivity contribution in [3.05, 3.63) is 64.6 Å². The second-order valence-electron chi connectivity index (χ2n) is 7.26. The summed E-state index contributed by atoms with van der Waals surface area (Å²) < 4.78 is 6.76. The number of aromatic nitrogens is 2. The van der Waals surface area contributed by atoms with Gasteiger partial charge in [0.2, 0.25) is 0 Å². The van der Waals surface area contributed by atoms with E-state index in [4.69, 9.17) is 4.74 Å². The van der Waals surface area contributed by atoms with Crippen molar-refractivity contribution in [1.82, 2.24) is 14.5 Å². The number of hydrogen-bond donors (Lipinski definition) is 2. The molecule has 1 saturated heterocycles. The average Bonchev–Trinajstić information content (AvgIpc) is 3.10. The second-order valence-corrected chi connectivity index (χ2v) is 7.26. The molecule has 0 aliphatic carbocycles. The SMILES string of the molecule is CCOC(=O)c1ccc(NC(=O)N2CCC(n3c(=O)[nH]c4ccccc43)CC2)cc1. The molecule has 8 heteroatoms. The van der Waals surface area contributed by atoms with Gasteiger partial charge in [0, 0.05) is 24.8 Å². The minimum Gasteiger partial charge on any atom is -0.462 e. The molecule has 1 fully saturated rings. The maximum absolute atomic E-state index is 12.6. The monoisotopic (exact) mass is 408 g/mol. The van der Waals surface area contributed by atoms with Crippen LogP contribution in [0.3, 0.4) is 0 Å². The molecule has 2 heterocycles. The van der Waals surface area contributed by atoms with Crippen LogP contribution < -0.4 is 11.0 Å². The normalized spacial score (nSPS) is 14.6. The van der Waals surface area contributed by atoms with Gasteiger partial charge in [-0.1, -0.05) is 12.1 Å². The number of rotatable bonds is 4. The number of likely N-dealkylation sites (tertiary alicyclic amines) is 1. The quantitative estimate of drug-likeness (QED) is 0.647. The van der Waals surface area contributed by atoms with E-state index in [2.05, 4.69) is 10.3 Å². The maximum atomic E-state index is 12.6. The van der Waals surface area contributed by atoms with Crippen molar-refractivity contribution in [2.45, 2.75) is 25.8 Å². The molecule has 0 unspecified atom stereocenters. The van der Waals surface area contributed by atoms with Crippen molar-refractivity contribution in [3.63, 3.8) is 0 Å². The number of H-pyrrole nitrogens is 1. The van der Waals surface area contributed by atoms with Crippen LogP contribution in [0.1, 0.15) is 36.2 Å². The Bertz CT molecular complexity index is 1110. The van der Waals surface area contributed by atoms with E-state index >= 15 is 0 Å². The summed E-state index contributed by atoms with van der Waals surface area (Å²) in [5, 5.41) is 2.86. The first kappa shape index (κ1) is 19.8. The lowest BCUT2D eigenvalue weighted by Crippen LogP contribution is -2.42.